The van der Waals surface area contributed by atoms with Crippen LogP contribution in [0.5, 0.6) is 0 Å². The molecule has 9 rings (SSSR count). The number of benzene rings is 6. The minimum Gasteiger partial charge on any atom is -0.456 e. The normalized spacial score (nSPS) is 19.4. The van der Waals surface area contributed by atoms with Crippen LogP contribution in [0, 0.1) is 0 Å². The Morgan fingerprint density at radius 1 is 0.500 bits per heavy atom. The van der Waals surface area contributed by atoms with Gasteiger partial charge in [0.25, 0.3) is 0 Å². The van der Waals surface area contributed by atoms with Crippen LogP contribution in [0.4, 0.5) is 0 Å². The lowest BCUT2D eigenvalue weighted by Gasteiger charge is -2.40. The van der Waals surface area contributed by atoms with Crippen LogP contribution in [0.25, 0.3) is 52.9 Å². The molecule has 3 atom stereocenters. The zero-order valence-corrected chi connectivity index (χ0v) is 23.5. The van der Waals surface area contributed by atoms with Crippen LogP contribution in [0.3, 0.4) is 0 Å². The van der Waals surface area contributed by atoms with Crippen molar-refractivity contribution in [2.45, 2.75) is 18.5 Å². The summed E-state index contributed by atoms with van der Waals surface area (Å²) in [7, 11) is 0. The Morgan fingerprint density at radius 3 is 2.12 bits per heavy atom. The topological polar surface area (TPSA) is 49.2 Å². The van der Waals surface area contributed by atoms with Gasteiger partial charge in [0, 0.05) is 30.9 Å². The number of furan rings is 1. The van der Waals surface area contributed by atoms with Crippen LogP contribution >= 0.6 is 11.3 Å². The average Bonchev–Trinajstić information content (AvgIpc) is 3.63. The van der Waals surface area contributed by atoms with E-state index in [0.29, 0.717) is 0 Å². The van der Waals surface area contributed by atoms with E-state index in [0.717, 1.165) is 27.5 Å². The van der Waals surface area contributed by atoms with Crippen molar-refractivity contribution in [3.63, 3.8) is 0 Å². The number of fused-ring (bicyclic) bond motifs is 8. The van der Waals surface area contributed by atoms with Crippen molar-refractivity contribution in [3.05, 3.63) is 144 Å². The lowest BCUT2D eigenvalue weighted by molar-refractivity contribution is 0.204. The SMILES string of the molecule is c1ccc(C2NC(c3ccc4c(c3)oc3ccccc34)NC(c3cccc4sc5c6ccccc6ccc5c34)N2)cc1. The molecular weight excluding hydrogens is 534 g/mol. The summed E-state index contributed by atoms with van der Waals surface area (Å²) in [6, 6.07) is 45.4. The van der Waals surface area contributed by atoms with Gasteiger partial charge in [-0.15, -0.1) is 11.3 Å². The fourth-order valence-electron chi connectivity index (χ4n) is 6.60. The maximum Gasteiger partial charge on any atom is 0.135 e. The molecular formula is C37H27N3OS. The van der Waals surface area contributed by atoms with E-state index in [2.05, 4.69) is 131 Å². The van der Waals surface area contributed by atoms with Gasteiger partial charge in [-0.25, -0.2) is 0 Å². The average molecular weight is 562 g/mol. The van der Waals surface area contributed by atoms with Crippen LogP contribution in [0.2, 0.25) is 0 Å². The molecule has 3 N–H and O–H groups in total. The number of rotatable bonds is 3. The summed E-state index contributed by atoms with van der Waals surface area (Å²) in [5, 5.41) is 19.1. The number of para-hydroxylation sites is 1. The van der Waals surface area contributed by atoms with Crippen molar-refractivity contribution < 1.29 is 4.42 Å². The highest BCUT2D eigenvalue weighted by Gasteiger charge is 2.31. The Balaban J connectivity index is 1.19. The lowest BCUT2D eigenvalue weighted by atomic mass is 9.99. The zero-order chi connectivity index (χ0) is 27.6. The number of nitrogens with one attached hydrogen (secondary N) is 3. The van der Waals surface area contributed by atoms with Gasteiger partial charge in [-0.2, -0.15) is 0 Å². The minimum atomic E-state index is -0.0972. The van der Waals surface area contributed by atoms with Gasteiger partial charge in [0.15, 0.2) is 0 Å². The lowest BCUT2D eigenvalue weighted by Crippen LogP contribution is -2.54. The van der Waals surface area contributed by atoms with Gasteiger partial charge in [-0.1, -0.05) is 109 Å². The summed E-state index contributed by atoms with van der Waals surface area (Å²) in [4.78, 5) is 0. The molecule has 1 aliphatic heterocycles. The fourth-order valence-corrected chi connectivity index (χ4v) is 7.87. The molecule has 6 aromatic carbocycles. The van der Waals surface area contributed by atoms with E-state index in [1.165, 1.54) is 42.1 Å². The number of thiophene rings is 1. The Morgan fingerprint density at radius 2 is 1.21 bits per heavy atom. The summed E-state index contributed by atoms with van der Waals surface area (Å²) in [6.45, 7) is 0. The first-order chi connectivity index (χ1) is 20.8. The molecule has 8 aromatic rings. The van der Waals surface area contributed by atoms with Crippen molar-refractivity contribution in [3.8, 4) is 0 Å². The van der Waals surface area contributed by atoms with E-state index in [1.807, 2.05) is 23.5 Å². The molecule has 0 aliphatic carbocycles. The summed E-state index contributed by atoms with van der Waals surface area (Å²) in [6.07, 6.45) is -0.226. The second kappa shape index (κ2) is 9.51. The highest BCUT2D eigenvalue weighted by atomic mass is 32.1. The van der Waals surface area contributed by atoms with Crippen molar-refractivity contribution in [2.75, 3.05) is 0 Å². The third-order valence-electron chi connectivity index (χ3n) is 8.60. The number of hydrogen-bond acceptors (Lipinski definition) is 5. The third kappa shape index (κ3) is 3.79. The van der Waals surface area contributed by atoms with Crippen LogP contribution in [-0.2, 0) is 0 Å². The van der Waals surface area contributed by atoms with E-state index in [1.54, 1.807) is 0 Å². The number of hydrogen-bond donors (Lipinski definition) is 3. The van der Waals surface area contributed by atoms with Gasteiger partial charge in [0.05, 0.1) is 18.5 Å². The van der Waals surface area contributed by atoms with E-state index >= 15 is 0 Å². The van der Waals surface area contributed by atoms with Gasteiger partial charge in [0.2, 0.25) is 0 Å². The minimum absolute atomic E-state index is 0.0465. The highest BCUT2D eigenvalue weighted by molar-refractivity contribution is 7.26. The van der Waals surface area contributed by atoms with Gasteiger partial charge in [0.1, 0.15) is 11.2 Å². The molecule has 5 heteroatoms. The summed E-state index contributed by atoms with van der Waals surface area (Å²) < 4.78 is 8.91. The predicted octanol–water partition coefficient (Wildman–Crippen LogP) is 9.29. The molecule has 202 valence electrons. The molecule has 2 aromatic heterocycles. The first-order valence-corrected chi connectivity index (χ1v) is 15.2. The van der Waals surface area contributed by atoms with Crippen LogP contribution in [0.1, 0.15) is 35.2 Å². The molecule has 0 saturated carbocycles. The fraction of sp³-hybridized carbons (Fsp3) is 0.0811. The van der Waals surface area contributed by atoms with Crippen molar-refractivity contribution >= 4 is 64.2 Å². The molecule has 42 heavy (non-hydrogen) atoms. The molecule has 1 fully saturated rings. The second-order valence-electron chi connectivity index (χ2n) is 11.0. The second-order valence-corrected chi connectivity index (χ2v) is 12.1. The Labute approximate surface area is 246 Å². The maximum absolute atomic E-state index is 6.27. The maximum atomic E-state index is 6.27. The Kier molecular flexibility index (Phi) is 5.46. The summed E-state index contributed by atoms with van der Waals surface area (Å²) in [5.41, 5.74) is 5.42. The smallest absolute Gasteiger partial charge is 0.135 e. The third-order valence-corrected chi connectivity index (χ3v) is 9.80. The van der Waals surface area contributed by atoms with E-state index in [-0.39, 0.29) is 18.5 Å². The summed E-state index contributed by atoms with van der Waals surface area (Å²) in [5.74, 6) is 0. The van der Waals surface area contributed by atoms with Crippen LogP contribution < -0.4 is 16.0 Å². The van der Waals surface area contributed by atoms with Gasteiger partial charge >= 0.3 is 0 Å². The van der Waals surface area contributed by atoms with E-state index in [4.69, 9.17) is 4.42 Å². The summed E-state index contributed by atoms with van der Waals surface area (Å²) >= 11 is 1.88. The van der Waals surface area contributed by atoms with Crippen molar-refractivity contribution in [2.24, 2.45) is 0 Å². The molecule has 0 bridgehead atoms. The van der Waals surface area contributed by atoms with Gasteiger partial charge in [-0.05, 0) is 45.7 Å². The molecule has 0 amide bonds. The monoisotopic (exact) mass is 561 g/mol. The predicted molar refractivity (Wildman–Crippen MR) is 175 cm³/mol. The molecule has 3 unspecified atom stereocenters. The van der Waals surface area contributed by atoms with Crippen molar-refractivity contribution in [1.29, 1.82) is 0 Å². The van der Waals surface area contributed by atoms with E-state index in [9.17, 15) is 0 Å². The highest BCUT2D eigenvalue weighted by Crippen LogP contribution is 2.42. The van der Waals surface area contributed by atoms with E-state index < -0.39 is 0 Å². The standard InChI is InChI=1S/C37H27N3OS/c1-2-10-23(11-3-1)35-38-36(24-18-19-27-26-13-6-7-15-30(26)41-31(27)21-24)40-37(39-35)29-14-8-16-32-33(29)28-20-17-22-9-4-5-12-25(22)34(28)42-32/h1-21,35-40H. The van der Waals surface area contributed by atoms with Gasteiger partial charge in [-0.3, -0.25) is 16.0 Å². The molecule has 4 nitrogen and oxygen atoms in total. The first kappa shape index (κ1) is 24.1. The Hall–Kier alpha value is -4.52. The van der Waals surface area contributed by atoms with Gasteiger partial charge < -0.3 is 4.42 Å². The first-order valence-electron chi connectivity index (χ1n) is 14.4. The molecule has 1 saturated heterocycles. The largest absolute Gasteiger partial charge is 0.456 e. The Bertz CT molecular complexity index is 2270. The van der Waals surface area contributed by atoms with Crippen LogP contribution in [0.15, 0.2) is 132 Å². The van der Waals surface area contributed by atoms with Crippen molar-refractivity contribution in [1.82, 2.24) is 16.0 Å². The zero-order valence-electron chi connectivity index (χ0n) is 22.7. The molecule has 0 spiro atoms. The van der Waals surface area contributed by atoms with Crippen LogP contribution in [-0.4, -0.2) is 0 Å². The molecule has 3 heterocycles. The quantitative estimate of drug-likeness (QED) is 0.201. The molecule has 1 aliphatic rings. The molecule has 0 radical (unpaired) electrons.